The lowest BCUT2D eigenvalue weighted by atomic mass is 10.1. The van der Waals surface area contributed by atoms with E-state index in [0.29, 0.717) is 16.7 Å². The SMILES string of the molecule is COc1cccc(C(O)Cn2ncc3ccccc3c2=O)c1. The smallest absolute Gasteiger partial charge is 0.274 e. The molecule has 0 saturated heterocycles. The van der Waals surface area contributed by atoms with E-state index in [1.54, 1.807) is 43.6 Å². The maximum absolute atomic E-state index is 12.4. The molecule has 1 aromatic heterocycles. The van der Waals surface area contributed by atoms with E-state index in [2.05, 4.69) is 5.10 Å². The minimum atomic E-state index is -0.832. The van der Waals surface area contributed by atoms with Crippen LogP contribution in [-0.4, -0.2) is 22.0 Å². The van der Waals surface area contributed by atoms with Gasteiger partial charge in [-0.1, -0.05) is 30.3 Å². The summed E-state index contributed by atoms with van der Waals surface area (Å²) in [7, 11) is 1.57. The Hall–Kier alpha value is -2.66. The summed E-state index contributed by atoms with van der Waals surface area (Å²) < 4.78 is 6.43. The monoisotopic (exact) mass is 296 g/mol. The van der Waals surface area contributed by atoms with Gasteiger partial charge in [-0.15, -0.1) is 0 Å². The van der Waals surface area contributed by atoms with Crippen LogP contribution in [0.25, 0.3) is 10.8 Å². The van der Waals surface area contributed by atoms with Gasteiger partial charge in [-0.05, 0) is 23.8 Å². The van der Waals surface area contributed by atoms with Gasteiger partial charge >= 0.3 is 0 Å². The summed E-state index contributed by atoms with van der Waals surface area (Å²) >= 11 is 0. The fourth-order valence-electron chi connectivity index (χ4n) is 2.38. The fourth-order valence-corrected chi connectivity index (χ4v) is 2.38. The molecule has 0 spiro atoms. The second kappa shape index (κ2) is 5.99. The van der Waals surface area contributed by atoms with E-state index in [-0.39, 0.29) is 12.1 Å². The standard InChI is InChI=1S/C17H16N2O3/c1-22-14-7-4-6-12(9-14)16(20)11-19-17(21)15-8-3-2-5-13(15)10-18-19/h2-10,16,20H,11H2,1H3. The highest BCUT2D eigenvalue weighted by atomic mass is 16.5. The summed E-state index contributed by atoms with van der Waals surface area (Å²) in [5, 5.41) is 15.8. The molecule has 5 nitrogen and oxygen atoms in total. The molecule has 1 heterocycles. The maximum Gasteiger partial charge on any atom is 0.274 e. The Labute approximate surface area is 127 Å². The predicted molar refractivity (Wildman–Crippen MR) is 84.0 cm³/mol. The van der Waals surface area contributed by atoms with E-state index in [0.717, 1.165) is 5.39 Å². The molecule has 112 valence electrons. The van der Waals surface area contributed by atoms with Crippen LogP contribution in [0.5, 0.6) is 5.75 Å². The number of nitrogens with zero attached hydrogens (tertiary/aromatic N) is 2. The summed E-state index contributed by atoms with van der Waals surface area (Å²) in [6.07, 6.45) is 0.802. The molecule has 0 bridgehead atoms. The van der Waals surface area contributed by atoms with E-state index < -0.39 is 6.10 Å². The number of benzene rings is 2. The first-order valence-electron chi connectivity index (χ1n) is 6.96. The van der Waals surface area contributed by atoms with Crippen molar-refractivity contribution in [1.29, 1.82) is 0 Å². The van der Waals surface area contributed by atoms with E-state index in [1.165, 1.54) is 4.68 Å². The molecule has 22 heavy (non-hydrogen) atoms. The van der Waals surface area contributed by atoms with Gasteiger partial charge < -0.3 is 9.84 Å². The van der Waals surface area contributed by atoms with Gasteiger partial charge in [0.1, 0.15) is 5.75 Å². The summed E-state index contributed by atoms with van der Waals surface area (Å²) in [6.45, 7) is 0.0941. The highest BCUT2D eigenvalue weighted by molar-refractivity contribution is 5.80. The third-order valence-electron chi connectivity index (χ3n) is 3.59. The van der Waals surface area contributed by atoms with Gasteiger partial charge in [-0.2, -0.15) is 5.10 Å². The number of hydrogen-bond acceptors (Lipinski definition) is 4. The van der Waals surface area contributed by atoms with E-state index in [1.807, 2.05) is 18.2 Å². The summed E-state index contributed by atoms with van der Waals surface area (Å²) in [5.41, 5.74) is 0.473. The van der Waals surface area contributed by atoms with Crippen molar-refractivity contribution in [2.45, 2.75) is 12.6 Å². The minimum Gasteiger partial charge on any atom is -0.497 e. The van der Waals surface area contributed by atoms with E-state index in [9.17, 15) is 9.90 Å². The zero-order valence-corrected chi connectivity index (χ0v) is 12.1. The molecule has 1 unspecified atom stereocenters. The van der Waals surface area contributed by atoms with Crippen molar-refractivity contribution in [3.8, 4) is 5.75 Å². The van der Waals surface area contributed by atoms with Gasteiger partial charge in [0.15, 0.2) is 0 Å². The van der Waals surface area contributed by atoms with Gasteiger partial charge in [-0.3, -0.25) is 4.79 Å². The van der Waals surface area contributed by atoms with Gasteiger partial charge in [0.25, 0.3) is 5.56 Å². The molecular formula is C17H16N2O3. The number of fused-ring (bicyclic) bond motifs is 1. The van der Waals surface area contributed by atoms with Gasteiger partial charge in [0.2, 0.25) is 0 Å². The number of hydrogen-bond donors (Lipinski definition) is 1. The van der Waals surface area contributed by atoms with Crippen LogP contribution in [0, 0.1) is 0 Å². The lowest BCUT2D eigenvalue weighted by Crippen LogP contribution is -2.25. The van der Waals surface area contributed by atoms with Crippen molar-refractivity contribution in [3.63, 3.8) is 0 Å². The lowest BCUT2D eigenvalue weighted by molar-refractivity contribution is 0.149. The number of aromatic nitrogens is 2. The molecule has 0 fully saturated rings. The Morgan fingerprint density at radius 2 is 2.05 bits per heavy atom. The average molecular weight is 296 g/mol. The first kappa shape index (κ1) is 14.3. The van der Waals surface area contributed by atoms with Crippen LogP contribution in [0.2, 0.25) is 0 Å². The van der Waals surface area contributed by atoms with Crippen LogP contribution < -0.4 is 10.3 Å². The number of aliphatic hydroxyl groups is 1. The second-order valence-electron chi connectivity index (χ2n) is 5.01. The zero-order valence-electron chi connectivity index (χ0n) is 12.1. The minimum absolute atomic E-state index is 0.0941. The number of ether oxygens (including phenoxy) is 1. The Bertz CT molecular complexity index is 858. The van der Waals surface area contributed by atoms with Crippen LogP contribution >= 0.6 is 0 Å². The highest BCUT2D eigenvalue weighted by Crippen LogP contribution is 2.20. The topological polar surface area (TPSA) is 64.3 Å². The van der Waals surface area contributed by atoms with Crippen LogP contribution in [0.3, 0.4) is 0 Å². The molecule has 1 N–H and O–H groups in total. The van der Waals surface area contributed by atoms with Gasteiger partial charge in [0, 0.05) is 5.39 Å². The molecule has 0 saturated carbocycles. The molecule has 0 aliphatic carbocycles. The summed E-state index contributed by atoms with van der Waals surface area (Å²) in [6, 6.07) is 14.4. The molecular weight excluding hydrogens is 280 g/mol. The van der Waals surface area contributed by atoms with Crippen LogP contribution in [-0.2, 0) is 6.54 Å². The molecule has 3 aromatic rings. The number of methoxy groups -OCH3 is 1. The number of rotatable bonds is 4. The van der Waals surface area contributed by atoms with E-state index in [4.69, 9.17) is 4.74 Å². The van der Waals surface area contributed by atoms with Crippen molar-refractivity contribution < 1.29 is 9.84 Å². The first-order valence-corrected chi connectivity index (χ1v) is 6.96. The van der Waals surface area contributed by atoms with Gasteiger partial charge in [0.05, 0.1) is 31.3 Å². The molecule has 0 aliphatic heterocycles. The Morgan fingerprint density at radius 1 is 1.23 bits per heavy atom. The highest BCUT2D eigenvalue weighted by Gasteiger charge is 2.12. The normalized spacial score (nSPS) is 12.3. The van der Waals surface area contributed by atoms with Crippen LogP contribution in [0.1, 0.15) is 11.7 Å². The van der Waals surface area contributed by atoms with Crippen molar-refractivity contribution in [1.82, 2.24) is 9.78 Å². The largest absolute Gasteiger partial charge is 0.497 e. The molecule has 5 heteroatoms. The van der Waals surface area contributed by atoms with Crippen molar-refractivity contribution >= 4 is 10.8 Å². The van der Waals surface area contributed by atoms with E-state index >= 15 is 0 Å². The summed E-state index contributed by atoms with van der Waals surface area (Å²) in [4.78, 5) is 12.4. The molecule has 2 aromatic carbocycles. The maximum atomic E-state index is 12.4. The van der Waals surface area contributed by atoms with Crippen LogP contribution in [0.15, 0.2) is 59.5 Å². The average Bonchev–Trinajstić information content (AvgIpc) is 2.57. The predicted octanol–water partition coefficient (Wildman–Crippen LogP) is 2.14. The Kier molecular flexibility index (Phi) is 3.89. The lowest BCUT2D eigenvalue weighted by Gasteiger charge is -2.13. The third kappa shape index (κ3) is 2.71. The van der Waals surface area contributed by atoms with Crippen molar-refractivity contribution in [2.75, 3.05) is 7.11 Å². The molecule has 0 radical (unpaired) electrons. The van der Waals surface area contributed by atoms with Crippen molar-refractivity contribution in [3.05, 3.63) is 70.6 Å². The van der Waals surface area contributed by atoms with Crippen LogP contribution in [0.4, 0.5) is 0 Å². The summed E-state index contributed by atoms with van der Waals surface area (Å²) in [5.74, 6) is 0.662. The fraction of sp³-hybridized carbons (Fsp3) is 0.176. The van der Waals surface area contributed by atoms with Gasteiger partial charge in [-0.25, -0.2) is 4.68 Å². The molecule has 1 atom stereocenters. The third-order valence-corrected chi connectivity index (χ3v) is 3.59. The zero-order chi connectivity index (χ0) is 15.5. The Morgan fingerprint density at radius 3 is 2.86 bits per heavy atom. The molecule has 3 rings (SSSR count). The van der Waals surface area contributed by atoms with Crippen molar-refractivity contribution in [2.24, 2.45) is 0 Å². The quantitative estimate of drug-likeness (QED) is 0.801. The second-order valence-corrected chi connectivity index (χ2v) is 5.01. The molecule has 0 aliphatic rings. The molecule has 0 amide bonds. The Balaban J connectivity index is 1.92. The first-order chi connectivity index (χ1) is 10.7. The number of aliphatic hydroxyl groups excluding tert-OH is 1.